The van der Waals surface area contributed by atoms with Crippen molar-refractivity contribution in [2.24, 2.45) is 0 Å². The largest absolute Gasteiger partial charge is 0.332 e. The molecule has 2 atom stereocenters. The second kappa shape index (κ2) is 8.17. The number of amides is 2. The molecule has 6 heteroatoms. The Hall–Kier alpha value is -2.76. The second-order valence-corrected chi connectivity index (χ2v) is 8.82. The van der Waals surface area contributed by atoms with Gasteiger partial charge in [0.05, 0.1) is 23.5 Å². The Morgan fingerprint density at radius 3 is 2.70 bits per heavy atom. The molecule has 2 amide bonds. The lowest BCUT2D eigenvalue weighted by molar-refractivity contribution is -0.140. The normalized spacial score (nSPS) is 24.4. The molecular formula is C24H30N4O2. The van der Waals surface area contributed by atoms with E-state index in [4.69, 9.17) is 0 Å². The van der Waals surface area contributed by atoms with E-state index in [0.29, 0.717) is 25.2 Å². The molecule has 30 heavy (non-hydrogen) atoms. The number of aryl methyl sites for hydroxylation is 2. The molecule has 2 fully saturated rings. The first-order valence-corrected chi connectivity index (χ1v) is 10.8. The van der Waals surface area contributed by atoms with E-state index in [1.54, 1.807) is 12.4 Å². The predicted molar refractivity (Wildman–Crippen MR) is 115 cm³/mol. The van der Waals surface area contributed by atoms with Crippen LogP contribution in [0.3, 0.4) is 0 Å². The smallest absolute Gasteiger partial charge is 0.274 e. The number of rotatable bonds is 3. The van der Waals surface area contributed by atoms with Crippen molar-refractivity contribution in [3.05, 3.63) is 59.2 Å². The Morgan fingerprint density at radius 1 is 1.17 bits per heavy atom. The van der Waals surface area contributed by atoms with Gasteiger partial charge in [0.15, 0.2) is 0 Å². The minimum absolute atomic E-state index is 0.0126. The molecule has 2 aromatic rings. The molecule has 158 valence electrons. The summed E-state index contributed by atoms with van der Waals surface area (Å²) in [7, 11) is 0. The summed E-state index contributed by atoms with van der Waals surface area (Å²) in [5.74, 6) is 0.106. The SMILES string of the molecule is Cc1cnc(C(=O)N2CC[C@]3(C)[C@H]2CCCCC(=O)N3Cc2ccccc2C)cn1. The number of aromatic nitrogens is 2. The van der Waals surface area contributed by atoms with Gasteiger partial charge < -0.3 is 9.80 Å². The molecule has 1 aromatic heterocycles. The summed E-state index contributed by atoms with van der Waals surface area (Å²) in [5, 5.41) is 0. The Kier molecular flexibility index (Phi) is 5.58. The molecule has 0 spiro atoms. The van der Waals surface area contributed by atoms with Crippen LogP contribution in [-0.4, -0.2) is 49.7 Å². The molecule has 0 unspecified atom stereocenters. The summed E-state index contributed by atoms with van der Waals surface area (Å²) in [6.07, 6.45) is 7.27. The number of carbonyl (C=O) groups is 2. The lowest BCUT2D eigenvalue weighted by Crippen LogP contribution is -2.58. The highest BCUT2D eigenvalue weighted by Crippen LogP contribution is 2.40. The molecule has 0 bridgehead atoms. The van der Waals surface area contributed by atoms with Crippen molar-refractivity contribution < 1.29 is 9.59 Å². The van der Waals surface area contributed by atoms with Crippen LogP contribution in [0, 0.1) is 13.8 Å². The van der Waals surface area contributed by atoms with Crippen molar-refractivity contribution >= 4 is 11.8 Å². The summed E-state index contributed by atoms with van der Waals surface area (Å²) < 4.78 is 0. The zero-order valence-electron chi connectivity index (χ0n) is 18.1. The quantitative estimate of drug-likeness (QED) is 0.780. The zero-order valence-corrected chi connectivity index (χ0v) is 18.1. The van der Waals surface area contributed by atoms with Gasteiger partial charge in [0.2, 0.25) is 5.91 Å². The van der Waals surface area contributed by atoms with E-state index < -0.39 is 0 Å². The maximum absolute atomic E-state index is 13.3. The summed E-state index contributed by atoms with van der Waals surface area (Å²) in [4.78, 5) is 39.0. The van der Waals surface area contributed by atoms with E-state index in [1.165, 1.54) is 11.1 Å². The number of hydrogen-bond donors (Lipinski definition) is 0. The van der Waals surface area contributed by atoms with Gasteiger partial charge in [-0.25, -0.2) is 4.98 Å². The summed E-state index contributed by atoms with van der Waals surface area (Å²) in [6.45, 7) is 7.33. The lowest BCUT2D eigenvalue weighted by Gasteiger charge is -2.45. The van der Waals surface area contributed by atoms with E-state index in [1.807, 2.05) is 28.9 Å². The van der Waals surface area contributed by atoms with Gasteiger partial charge in [-0.05, 0) is 51.2 Å². The molecule has 1 aromatic carbocycles. The van der Waals surface area contributed by atoms with Crippen LogP contribution in [0.5, 0.6) is 0 Å². The molecule has 0 N–H and O–H groups in total. The molecule has 0 radical (unpaired) electrons. The van der Waals surface area contributed by atoms with Gasteiger partial charge in [-0.3, -0.25) is 14.6 Å². The lowest BCUT2D eigenvalue weighted by atomic mass is 9.84. The Labute approximate surface area is 178 Å². The van der Waals surface area contributed by atoms with Crippen molar-refractivity contribution in [2.45, 2.75) is 71.0 Å². The van der Waals surface area contributed by atoms with Gasteiger partial charge >= 0.3 is 0 Å². The van der Waals surface area contributed by atoms with E-state index in [9.17, 15) is 9.59 Å². The van der Waals surface area contributed by atoms with Gasteiger partial charge in [0.1, 0.15) is 5.69 Å². The van der Waals surface area contributed by atoms with E-state index >= 15 is 0 Å². The van der Waals surface area contributed by atoms with Crippen LogP contribution in [0.4, 0.5) is 0 Å². The van der Waals surface area contributed by atoms with Crippen LogP contribution in [0.2, 0.25) is 0 Å². The number of carbonyl (C=O) groups excluding carboxylic acids is 2. The van der Waals surface area contributed by atoms with Crippen molar-refractivity contribution in [2.75, 3.05) is 6.54 Å². The van der Waals surface area contributed by atoms with E-state index in [0.717, 1.165) is 31.4 Å². The van der Waals surface area contributed by atoms with Gasteiger partial charge in [-0.15, -0.1) is 0 Å². The number of likely N-dealkylation sites (tertiary alicyclic amines) is 2. The fourth-order valence-electron chi connectivity index (χ4n) is 4.94. The number of benzene rings is 1. The molecule has 6 nitrogen and oxygen atoms in total. The standard InChI is InChI=1S/C24H30N4O2/c1-17-8-4-5-9-19(17)16-28-22(29)11-7-6-10-21-24(28,3)12-13-27(21)23(30)20-15-25-18(2)14-26-20/h4-5,8-9,14-15,21H,6-7,10-13,16H2,1-3H3/t21-,24-/m1/s1. The van der Waals surface area contributed by atoms with Crippen LogP contribution in [0.25, 0.3) is 0 Å². The first-order valence-electron chi connectivity index (χ1n) is 10.8. The fourth-order valence-corrected chi connectivity index (χ4v) is 4.94. The van der Waals surface area contributed by atoms with E-state index in [-0.39, 0.29) is 23.4 Å². The molecule has 2 aliphatic rings. The van der Waals surface area contributed by atoms with Gasteiger partial charge in [-0.1, -0.05) is 30.7 Å². The third kappa shape index (κ3) is 3.71. The molecule has 0 saturated carbocycles. The van der Waals surface area contributed by atoms with Crippen LogP contribution < -0.4 is 0 Å². The Morgan fingerprint density at radius 2 is 1.97 bits per heavy atom. The van der Waals surface area contributed by atoms with E-state index in [2.05, 4.69) is 35.9 Å². The summed E-state index contributed by atoms with van der Waals surface area (Å²) in [5.41, 5.74) is 3.14. The Balaban J connectivity index is 1.66. The number of hydrogen-bond acceptors (Lipinski definition) is 4. The third-order valence-electron chi connectivity index (χ3n) is 6.84. The molecule has 2 aliphatic heterocycles. The topological polar surface area (TPSA) is 66.4 Å². The summed E-state index contributed by atoms with van der Waals surface area (Å²) >= 11 is 0. The van der Waals surface area contributed by atoms with Gasteiger partial charge in [0.25, 0.3) is 5.91 Å². The molecule has 4 rings (SSSR count). The number of nitrogens with zero attached hydrogens (tertiary/aromatic N) is 4. The van der Waals surface area contributed by atoms with Crippen LogP contribution in [0.15, 0.2) is 36.7 Å². The summed E-state index contributed by atoms with van der Waals surface area (Å²) in [6, 6.07) is 8.22. The van der Waals surface area contributed by atoms with Crippen molar-refractivity contribution in [3.63, 3.8) is 0 Å². The van der Waals surface area contributed by atoms with Crippen LogP contribution >= 0.6 is 0 Å². The maximum Gasteiger partial charge on any atom is 0.274 e. The molecule has 0 aliphatic carbocycles. The second-order valence-electron chi connectivity index (χ2n) is 8.82. The monoisotopic (exact) mass is 406 g/mol. The first-order chi connectivity index (χ1) is 14.4. The first kappa shape index (κ1) is 20.5. The highest BCUT2D eigenvalue weighted by atomic mass is 16.2. The van der Waals surface area contributed by atoms with Crippen molar-refractivity contribution in [1.29, 1.82) is 0 Å². The predicted octanol–water partition coefficient (Wildman–Crippen LogP) is 3.67. The molecule has 2 saturated heterocycles. The third-order valence-corrected chi connectivity index (χ3v) is 6.84. The molecule has 3 heterocycles. The maximum atomic E-state index is 13.3. The average Bonchev–Trinajstić information content (AvgIpc) is 3.06. The van der Waals surface area contributed by atoms with Crippen LogP contribution in [0.1, 0.15) is 66.3 Å². The zero-order chi connectivity index (χ0) is 21.3. The van der Waals surface area contributed by atoms with Gasteiger partial charge in [-0.2, -0.15) is 0 Å². The Bertz CT molecular complexity index is 942. The molecular weight excluding hydrogens is 376 g/mol. The minimum Gasteiger partial charge on any atom is -0.332 e. The van der Waals surface area contributed by atoms with Crippen molar-refractivity contribution in [1.82, 2.24) is 19.8 Å². The fraction of sp³-hybridized carbons (Fsp3) is 0.500. The highest BCUT2D eigenvalue weighted by molar-refractivity contribution is 5.92. The number of fused-ring (bicyclic) bond motifs is 1. The van der Waals surface area contributed by atoms with Crippen molar-refractivity contribution in [3.8, 4) is 0 Å². The average molecular weight is 407 g/mol. The highest BCUT2D eigenvalue weighted by Gasteiger charge is 2.51. The van der Waals surface area contributed by atoms with Gasteiger partial charge in [0, 0.05) is 25.7 Å². The minimum atomic E-state index is -0.381. The van der Waals surface area contributed by atoms with Crippen LogP contribution in [-0.2, 0) is 11.3 Å².